The van der Waals surface area contributed by atoms with Crippen molar-refractivity contribution < 1.29 is 5.11 Å². The van der Waals surface area contributed by atoms with Crippen LogP contribution in [0.3, 0.4) is 0 Å². The topological polar surface area (TPSA) is 71.8 Å². The van der Waals surface area contributed by atoms with E-state index in [1.807, 2.05) is 0 Å². The first-order chi connectivity index (χ1) is 7.68. The van der Waals surface area contributed by atoms with E-state index in [4.69, 9.17) is 0 Å². The van der Waals surface area contributed by atoms with Gasteiger partial charge in [-0.1, -0.05) is 0 Å². The second kappa shape index (κ2) is 4.32. The van der Waals surface area contributed by atoms with E-state index < -0.39 is 5.60 Å². The summed E-state index contributed by atoms with van der Waals surface area (Å²) in [5.74, 6) is 0. The lowest BCUT2D eigenvalue weighted by Gasteiger charge is -2.21. The van der Waals surface area contributed by atoms with Crippen molar-refractivity contribution in [3.63, 3.8) is 0 Å². The third kappa shape index (κ3) is 2.38. The highest BCUT2D eigenvalue weighted by Gasteiger charge is 2.25. The van der Waals surface area contributed by atoms with E-state index in [0.717, 1.165) is 5.69 Å². The Labute approximate surface area is 93.3 Å². The minimum absolute atomic E-state index is 0.395. The molecule has 0 aliphatic carbocycles. The summed E-state index contributed by atoms with van der Waals surface area (Å²) in [5.41, 5.74) is 0.317. The first kappa shape index (κ1) is 10.6. The van der Waals surface area contributed by atoms with E-state index in [1.165, 1.54) is 12.7 Å². The molecule has 0 radical (unpaired) electrons. The van der Waals surface area contributed by atoms with Crippen LogP contribution in [0.4, 0.5) is 0 Å². The number of aliphatic hydroxyl groups is 1. The van der Waals surface area contributed by atoms with Crippen LogP contribution in [0.1, 0.15) is 18.3 Å². The molecule has 1 atom stereocenters. The lowest BCUT2D eigenvalue weighted by molar-refractivity contribution is 0.0518. The van der Waals surface area contributed by atoms with Gasteiger partial charge in [-0.25, -0.2) is 19.9 Å². The molecule has 5 heteroatoms. The minimum atomic E-state index is -1.04. The first-order valence-electron chi connectivity index (χ1n) is 4.92. The van der Waals surface area contributed by atoms with Crippen LogP contribution in [0, 0.1) is 0 Å². The van der Waals surface area contributed by atoms with Gasteiger partial charge in [-0.05, 0) is 19.1 Å². The van der Waals surface area contributed by atoms with Gasteiger partial charge >= 0.3 is 0 Å². The molecule has 0 aromatic carbocycles. The number of rotatable bonds is 3. The van der Waals surface area contributed by atoms with Gasteiger partial charge in [0.25, 0.3) is 0 Å². The van der Waals surface area contributed by atoms with Crippen molar-refractivity contribution in [3.8, 4) is 0 Å². The van der Waals surface area contributed by atoms with Crippen molar-refractivity contribution in [1.82, 2.24) is 19.9 Å². The largest absolute Gasteiger partial charge is 0.383 e. The summed E-state index contributed by atoms with van der Waals surface area (Å²) in [4.78, 5) is 15.8. The van der Waals surface area contributed by atoms with Crippen molar-refractivity contribution in [3.05, 3.63) is 48.6 Å². The van der Waals surface area contributed by atoms with Crippen LogP contribution >= 0.6 is 0 Å². The van der Waals surface area contributed by atoms with Gasteiger partial charge in [0.1, 0.15) is 18.3 Å². The highest BCUT2D eigenvalue weighted by molar-refractivity contribution is 5.13. The maximum absolute atomic E-state index is 10.3. The molecule has 0 saturated carbocycles. The van der Waals surface area contributed by atoms with Gasteiger partial charge in [-0.3, -0.25) is 0 Å². The van der Waals surface area contributed by atoms with Gasteiger partial charge in [0, 0.05) is 24.5 Å². The predicted octanol–water partition coefficient (Wildman–Crippen LogP) is 0.717. The number of aromatic nitrogens is 4. The van der Waals surface area contributed by atoms with Crippen molar-refractivity contribution in [2.75, 3.05) is 0 Å². The van der Waals surface area contributed by atoms with Crippen molar-refractivity contribution in [2.24, 2.45) is 0 Å². The van der Waals surface area contributed by atoms with Gasteiger partial charge < -0.3 is 5.11 Å². The maximum Gasteiger partial charge on any atom is 0.115 e. The van der Waals surface area contributed by atoms with Crippen LogP contribution in [0.5, 0.6) is 0 Å². The highest BCUT2D eigenvalue weighted by Crippen LogP contribution is 2.21. The van der Waals surface area contributed by atoms with Gasteiger partial charge in [0.2, 0.25) is 0 Å². The molecule has 0 aliphatic rings. The van der Waals surface area contributed by atoms with Crippen LogP contribution < -0.4 is 0 Å². The average molecular weight is 216 g/mol. The van der Waals surface area contributed by atoms with Gasteiger partial charge in [0.15, 0.2) is 0 Å². The molecule has 2 aromatic heterocycles. The summed E-state index contributed by atoms with van der Waals surface area (Å²) in [7, 11) is 0. The predicted molar refractivity (Wildman–Crippen MR) is 57.3 cm³/mol. The second-order valence-corrected chi connectivity index (χ2v) is 3.75. The summed E-state index contributed by atoms with van der Waals surface area (Å²) in [6, 6.07) is 3.47. The molecule has 1 N–H and O–H groups in total. The molecular weight excluding hydrogens is 204 g/mol. The first-order valence-corrected chi connectivity index (χ1v) is 4.92. The molecule has 2 heterocycles. The summed E-state index contributed by atoms with van der Waals surface area (Å²) >= 11 is 0. The van der Waals surface area contributed by atoms with Crippen LogP contribution in [0.2, 0.25) is 0 Å². The summed E-state index contributed by atoms with van der Waals surface area (Å²) < 4.78 is 0. The molecule has 5 nitrogen and oxygen atoms in total. The van der Waals surface area contributed by atoms with Crippen LogP contribution in [0.15, 0.2) is 37.2 Å². The number of nitrogens with zero attached hydrogens (tertiary/aromatic N) is 4. The van der Waals surface area contributed by atoms with Crippen molar-refractivity contribution >= 4 is 0 Å². The lowest BCUT2D eigenvalue weighted by atomic mass is 9.96. The fourth-order valence-electron chi connectivity index (χ4n) is 1.48. The van der Waals surface area contributed by atoms with Crippen LogP contribution in [0.25, 0.3) is 0 Å². The fourth-order valence-corrected chi connectivity index (χ4v) is 1.48. The quantitative estimate of drug-likeness (QED) is 0.818. The van der Waals surface area contributed by atoms with Crippen molar-refractivity contribution in [1.29, 1.82) is 0 Å². The van der Waals surface area contributed by atoms with E-state index in [0.29, 0.717) is 12.1 Å². The summed E-state index contributed by atoms with van der Waals surface area (Å²) in [5, 5.41) is 10.3. The van der Waals surface area contributed by atoms with E-state index in [-0.39, 0.29) is 0 Å². The van der Waals surface area contributed by atoms with Crippen LogP contribution in [-0.4, -0.2) is 25.0 Å². The Morgan fingerprint density at radius 3 is 2.38 bits per heavy atom. The SMILES string of the molecule is CC(O)(Cc1ccncn1)c1ccncn1. The Morgan fingerprint density at radius 1 is 1.12 bits per heavy atom. The Bertz CT molecular complexity index is 444. The number of hydrogen-bond acceptors (Lipinski definition) is 5. The van der Waals surface area contributed by atoms with Gasteiger partial charge in [-0.15, -0.1) is 0 Å². The third-order valence-electron chi connectivity index (χ3n) is 2.30. The van der Waals surface area contributed by atoms with E-state index in [2.05, 4.69) is 19.9 Å². The monoisotopic (exact) mass is 216 g/mol. The lowest BCUT2D eigenvalue weighted by Crippen LogP contribution is -2.26. The molecule has 0 saturated heterocycles. The molecule has 2 rings (SSSR count). The van der Waals surface area contributed by atoms with E-state index in [1.54, 1.807) is 31.5 Å². The molecule has 1 unspecified atom stereocenters. The molecule has 2 aromatic rings. The van der Waals surface area contributed by atoms with E-state index >= 15 is 0 Å². The smallest absolute Gasteiger partial charge is 0.115 e. The summed E-state index contributed by atoms with van der Waals surface area (Å²) in [6.07, 6.45) is 6.54. The normalized spacial score (nSPS) is 14.4. The zero-order valence-corrected chi connectivity index (χ0v) is 8.91. The second-order valence-electron chi connectivity index (χ2n) is 3.75. The van der Waals surface area contributed by atoms with E-state index in [9.17, 15) is 5.11 Å². The zero-order chi connectivity index (χ0) is 11.4. The van der Waals surface area contributed by atoms with Gasteiger partial charge in [-0.2, -0.15) is 0 Å². The Hall–Kier alpha value is -1.88. The van der Waals surface area contributed by atoms with Gasteiger partial charge in [0.05, 0.1) is 5.69 Å². The Balaban J connectivity index is 2.21. The third-order valence-corrected chi connectivity index (χ3v) is 2.30. The standard InChI is InChI=1S/C11H12N4O/c1-11(16,10-3-5-13-8-15-10)6-9-2-4-12-7-14-9/h2-5,7-8,16H,6H2,1H3. The molecule has 0 aliphatic heterocycles. The highest BCUT2D eigenvalue weighted by atomic mass is 16.3. The maximum atomic E-state index is 10.3. The molecule has 16 heavy (non-hydrogen) atoms. The zero-order valence-electron chi connectivity index (χ0n) is 8.91. The molecule has 0 bridgehead atoms. The average Bonchev–Trinajstić information content (AvgIpc) is 2.31. The fraction of sp³-hybridized carbons (Fsp3) is 0.273. The molecule has 0 spiro atoms. The number of hydrogen-bond donors (Lipinski definition) is 1. The van der Waals surface area contributed by atoms with Crippen molar-refractivity contribution in [2.45, 2.75) is 18.9 Å². The molecule has 0 fully saturated rings. The summed E-state index contributed by atoms with van der Waals surface area (Å²) in [6.45, 7) is 1.71. The van der Waals surface area contributed by atoms with Crippen LogP contribution in [-0.2, 0) is 12.0 Å². The minimum Gasteiger partial charge on any atom is -0.383 e. The molecule has 82 valence electrons. The Morgan fingerprint density at radius 2 is 1.81 bits per heavy atom. The Kier molecular flexibility index (Phi) is 2.87. The molecular formula is C11H12N4O. The molecule has 0 amide bonds.